The van der Waals surface area contributed by atoms with Gasteiger partial charge in [-0.1, -0.05) is 12.1 Å². The Bertz CT molecular complexity index is 676. The summed E-state index contributed by atoms with van der Waals surface area (Å²) in [6, 6.07) is 7.94. The van der Waals surface area contributed by atoms with Gasteiger partial charge in [0.2, 0.25) is 0 Å². The van der Waals surface area contributed by atoms with Gasteiger partial charge < -0.3 is 4.90 Å². The maximum atomic E-state index is 12.4. The van der Waals surface area contributed by atoms with E-state index >= 15 is 0 Å². The quantitative estimate of drug-likeness (QED) is 0.523. The normalized spacial score (nSPS) is 20.4. The van der Waals surface area contributed by atoms with Crippen molar-refractivity contribution in [2.24, 2.45) is 0 Å². The number of nitrogens with one attached hydrogen (secondary N) is 1. The molecule has 3 rings (SSSR count). The summed E-state index contributed by atoms with van der Waals surface area (Å²) in [7, 11) is 0. The van der Waals surface area contributed by atoms with E-state index in [0.29, 0.717) is 6.54 Å². The largest absolute Gasteiger partial charge is 0.372 e. The third kappa shape index (κ3) is 3.12. The van der Waals surface area contributed by atoms with E-state index in [9.17, 15) is 9.59 Å². The molecule has 2 heterocycles. The summed E-state index contributed by atoms with van der Waals surface area (Å²) in [5.41, 5.74) is 2.13. The number of carbonyl (C=O) groups excluding carboxylic acids is 2. The van der Waals surface area contributed by atoms with Gasteiger partial charge in [0, 0.05) is 25.3 Å². The fraction of sp³-hybridized carbons (Fsp3) is 0.353. The van der Waals surface area contributed by atoms with Crippen LogP contribution in [0.25, 0.3) is 6.08 Å². The van der Waals surface area contributed by atoms with Gasteiger partial charge in [-0.2, -0.15) is 0 Å². The molecule has 0 aromatic heterocycles. The highest BCUT2D eigenvalue weighted by Gasteiger charge is 2.32. The van der Waals surface area contributed by atoms with E-state index in [4.69, 9.17) is 12.2 Å². The molecule has 0 aliphatic carbocycles. The minimum atomic E-state index is -0.437. The molecule has 1 aromatic carbocycles. The van der Waals surface area contributed by atoms with E-state index in [2.05, 4.69) is 10.2 Å². The van der Waals surface area contributed by atoms with Crippen LogP contribution in [0.15, 0.2) is 29.8 Å². The number of benzene rings is 1. The first-order chi connectivity index (χ1) is 11.1. The van der Waals surface area contributed by atoms with Crippen LogP contribution in [0.1, 0.15) is 25.3 Å². The molecule has 5 nitrogen and oxygen atoms in total. The van der Waals surface area contributed by atoms with Crippen molar-refractivity contribution >= 4 is 40.9 Å². The Morgan fingerprint density at radius 3 is 2.43 bits per heavy atom. The number of nitrogens with zero attached hydrogens (tertiary/aromatic N) is 2. The summed E-state index contributed by atoms with van der Waals surface area (Å²) in [6.45, 7) is 4.43. The van der Waals surface area contributed by atoms with E-state index in [-0.39, 0.29) is 16.6 Å². The van der Waals surface area contributed by atoms with Crippen molar-refractivity contribution in [1.82, 2.24) is 10.2 Å². The molecule has 120 valence electrons. The molecule has 0 atom stereocenters. The second kappa shape index (κ2) is 6.50. The molecule has 2 saturated heterocycles. The van der Waals surface area contributed by atoms with Crippen molar-refractivity contribution < 1.29 is 9.59 Å². The first kappa shape index (κ1) is 15.7. The number of hydrogen-bond donors (Lipinski definition) is 1. The molecule has 1 aromatic rings. The zero-order chi connectivity index (χ0) is 16.4. The number of carbonyl (C=O) groups is 2. The predicted molar refractivity (Wildman–Crippen MR) is 94.0 cm³/mol. The Hall–Kier alpha value is -2.21. The molecule has 0 bridgehead atoms. The summed E-state index contributed by atoms with van der Waals surface area (Å²) in [6.07, 6.45) is 4.08. The standard InChI is InChI=1S/C17H19N3O2S/c1-2-20-16(22)14(15(21)18-17(20)23)11-12-5-7-13(8-6-12)19-9-3-4-10-19/h5-8,11H,2-4,9-10H2,1H3,(H,18,21,23)/b14-11-. The number of hydrogen-bond acceptors (Lipinski definition) is 4. The lowest BCUT2D eigenvalue weighted by molar-refractivity contribution is -0.128. The van der Waals surface area contributed by atoms with E-state index in [0.717, 1.165) is 18.7 Å². The summed E-state index contributed by atoms with van der Waals surface area (Å²) in [4.78, 5) is 28.1. The second-order valence-electron chi connectivity index (χ2n) is 5.65. The first-order valence-electron chi connectivity index (χ1n) is 7.84. The zero-order valence-corrected chi connectivity index (χ0v) is 13.9. The van der Waals surface area contributed by atoms with Crippen molar-refractivity contribution in [3.8, 4) is 0 Å². The third-order valence-electron chi connectivity index (χ3n) is 4.18. The predicted octanol–water partition coefficient (Wildman–Crippen LogP) is 1.93. The Morgan fingerprint density at radius 1 is 1.17 bits per heavy atom. The van der Waals surface area contributed by atoms with Crippen molar-refractivity contribution in [3.63, 3.8) is 0 Å². The number of thiocarbonyl (C=S) groups is 1. The van der Waals surface area contributed by atoms with Gasteiger partial charge in [0.15, 0.2) is 5.11 Å². The van der Waals surface area contributed by atoms with Crippen LogP contribution in [0.2, 0.25) is 0 Å². The minimum absolute atomic E-state index is 0.120. The molecule has 2 aliphatic heterocycles. The summed E-state index contributed by atoms with van der Waals surface area (Å²) in [5, 5.41) is 2.73. The third-order valence-corrected chi connectivity index (χ3v) is 4.50. The monoisotopic (exact) mass is 329 g/mol. The summed E-state index contributed by atoms with van der Waals surface area (Å²) < 4.78 is 0. The summed E-state index contributed by atoms with van der Waals surface area (Å²) in [5.74, 6) is -0.779. The van der Waals surface area contributed by atoms with E-state index < -0.39 is 5.91 Å². The van der Waals surface area contributed by atoms with Gasteiger partial charge in [-0.3, -0.25) is 19.8 Å². The van der Waals surface area contributed by atoms with Crippen LogP contribution >= 0.6 is 12.2 Å². The molecular weight excluding hydrogens is 310 g/mol. The number of rotatable bonds is 3. The number of likely N-dealkylation sites (N-methyl/N-ethyl adjacent to an activating group) is 1. The van der Waals surface area contributed by atoms with Crippen LogP contribution in [-0.4, -0.2) is 41.5 Å². The lowest BCUT2D eigenvalue weighted by Crippen LogP contribution is -2.53. The van der Waals surface area contributed by atoms with Gasteiger partial charge in [-0.25, -0.2) is 0 Å². The fourth-order valence-corrected chi connectivity index (χ4v) is 3.21. The van der Waals surface area contributed by atoms with Gasteiger partial charge in [0.25, 0.3) is 11.8 Å². The molecule has 0 spiro atoms. The van der Waals surface area contributed by atoms with E-state index in [1.165, 1.54) is 23.4 Å². The van der Waals surface area contributed by atoms with Crippen molar-refractivity contribution in [1.29, 1.82) is 0 Å². The molecule has 1 N–H and O–H groups in total. The molecule has 2 aliphatic rings. The van der Waals surface area contributed by atoms with E-state index in [1.54, 1.807) is 6.08 Å². The zero-order valence-electron chi connectivity index (χ0n) is 13.0. The smallest absolute Gasteiger partial charge is 0.265 e. The number of anilines is 1. The Morgan fingerprint density at radius 2 is 1.83 bits per heavy atom. The van der Waals surface area contributed by atoms with Crippen LogP contribution in [0.5, 0.6) is 0 Å². The van der Waals surface area contributed by atoms with Crippen LogP contribution in [0.4, 0.5) is 5.69 Å². The highest BCUT2D eigenvalue weighted by Crippen LogP contribution is 2.22. The Labute approximate surface area is 140 Å². The molecule has 0 saturated carbocycles. The fourth-order valence-electron chi connectivity index (χ4n) is 2.90. The van der Waals surface area contributed by atoms with Crippen molar-refractivity contribution in [2.75, 3.05) is 24.5 Å². The highest BCUT2D eigenvalue weighted by atomic mass is 32.1. The topological polar surface area (TPSA) is 52.7 Å². The Kier molecular flexibility index (Phi) is 4.43. The molecule has 0 radical (unpaired) electrons. The Balaban J connectivity index is 1.83. The maximum Gasteiger partial charge on any atom is 0.265 e. The van der Waals surface area contributed by atoms with Gasteiger partial charge in [0.1, 0.15) is 5.57 Å². The average Bonchev–Trinajstić information content (AvgIpc) is 3.07. The van der Waals surface area contributed by atoms with Crippen molar-refractivity contribution in [3.05, 3.63) is 35.4 Å². The summed E-state index contributed by atoms with van der Waals surface area (Å²) >= 11 is 5.02. The number of amides is 2. The van der Waals surface area contributed by atoms with Crippen LogP contribution in [0.3, 0.4) is 0 Å². The van der Waals surface area contributed by atoms with Crippen LogP contribution in [-0.2, 0) is 9.59 Å². The molecular formula is C17H19N3O2S. The van der Waals surface area contributed by atoms with Gasteiger partial charge in [-0.05, 0) is 55.8 Å². The highest BCUT2D eigenvalue weighted by molar-refractivity contribution is 7.80. The molecule has 6 heteroatoms. The van der Waals surface area contributed by atoms with Crippen molar-refractivity contribution in [2.45, 2.75) is 19.8 Å². The molecule has 23 heavy (non-hydrogen) atoms. The molecule has 2 amide bonds. The first-order valence-corrected chi connectivity index (χ1v) is 8.25. The van der Waals surface area contributed by atoms with Gasteiger partial charge >= 0.3 is 0 Å². The van der Waals surface area contributed by atoms with Gasteiger partial charge in [0.05, 0.1) is 0 Å². The maximum absolute atomic E-state index is 12.4. The minimum Gasteiger partial charge on any atom is -0.372 e. The van der Waals surface area contributed by atoms with Crippen LogP contribution in [0, 0.1) is 0 Å². The van der Waals surface area contributed by atoms with Crippen LogP contribution < -0.4 is 10.2 Å². The lowest BCUT2D eigenvalue weighted by Gasteiger charge is -2.27. The van der Waals surface area contributed by atoms with E-state index in [1.807, 2.05) is 31.2 Å². The van der Waals surface area contributed by atoms with Gasteiger partial charge in [-0.15, -0.1) is 0 Å². The average molecular weight is 329 g/mol. The lowest BCUT2D eigenvalue weighted by atomic mass is 10.1. The SMILES string of the molecule is CCN1C(=O)/C(=C\c2ccc(N3CCCC3)cc2)C(=O)NC1=S. The second-order valence-corrected chi connectivity index (χ2v) is 6.04. The molecule has 0 unspecified atom stereocenters. The molecule has 2 fully saturated rings.